The Hall–Kier alpha value is -2.75. The lowest BCUT2D eigenvalue weighted by Crippen LogP contribution is -2.15. The van der Waals surface area contributed by atoms with Crippen LogP contribution in [0.4, 0.5) is 5.69 Å². The minimum absolute atomic E-state index is 0.0580. The molecule has 0 fully saturated rings. The number of aryl methyl sites for hydroxylation is 1. The quantitative estimate of drug-likeness (QED) is 0.775. The molecule has 2 N–H and O–H groups in total. The van der Waals surface area contributed by atoms with Gasteiger partial charge in [0.1, 0.15) is 5.75 Å². The molecule has 0 aliphatic carbocycles. The molecule has 0 amide bonds. The molecule has 4 heteroatoms. The highest BCUT2D eigenvalue weighted by Gasteiger charge is 2.03. The van der Waals surface area contributed by atoms with Crippen LogP contribution in [0.2, 0.25) is 0 Å². The summed E-state index contributed by atoms with van der Waals surface area (Å²) in [6, 6.07) is 15.6. The van der Waals surface area contributed by atoms with E-state index >= 15 is 0 Å². The molecule has 3 rings (SSSR count). The van der Waals surface area contributed by atoms with Crippen LogP contribution < -0.4 is 15.6 Å². The van der Waals surface area contributed by atoms with E-state index in [4.69, 9.17) is 4.74 Å². The third-order valence-electron chi connectivity index (χ3n) is 3.65. The van der Waals surface area contributed by atoms with Gasteiger partial charge in [-0.25, -0.2) is 0 Å². The molecule has 0 bridgehead atoms. The van der Waals surface area contributed by atoms with Gasteiger partial charge in [0, 0.05) is 23.3 Å². The maximum absolute atomic E-state index is 12.1. The summed E-state index contributed by atoms with van der Waals surface area (Å²) in [6.45, 7) is 2.52. The van der Waals surface area contributed by atoms with Gasteiger partial charge in [-0.05, 0) is 54.8 Å². The Morgan fingerprint density at radius 3 is 2.59 bits per heavy atom. The number of ether oxygens (including phenoxy) is 1. The lowest BCUT2D eigenvalue weighted by atomic mass is 10.1. The van der Waals surface area contributed by atoms with Crippen LogP contribution in [0, 0.1) is 6.92 Å². The molecule has 1 heterocycles. The largest absolute Gasteiger partial charge is 0.497 e. The van der Waals surface area contributed by atoms with Crippen molar-refractivity contribution in [2.45, 2.75) is 13.5 Å². The van der Waals surface area contributed by atoms with Gasteiger partial charge in [0.2, 0.25) is 0 Å². The second-order valence-corrected chi connectivity index (χ2v) is 5.30. The van der Waals surface area contributed by atoms with E-state index in [0.717, 1.165) is 22.3 Å². The fourth-order valence-electron chi connectivity index (χ4n) is 2.41. The van der Waals surface area contributed by atoms with E-state index in [0.29, 0.717) is 12.1 Å². The van der Waals surface area contributed by atoms with Gasteiger partial charge in [-0.2, -0.15) is 0 Å². The summed E-state index contributed by atoms with van der Waals surface area (Å²) in [5.74, 6) is 0.810. The number of benzene rings is 2. The molecule has 0 aliphatic heterocycles. The Kier molecular flexibility index (Phi) is 3.83. The fourth-order valence-corrected chi connectivity index (χ4v) is 2.41. The van der Waals surface area contributed by atoms with Crippen LogP contribution in [-0.4, -0.2) is 12.1 Å². The third-order valence-corrected chi connectivity index (χ3v) is 3.65. The van der Waals surface area contributed by atoms with Crippen molar-refractivity contribution in [2.24, 2.45) is 0 Å². The van der Waals surface area contributed by atoms with Gasteiger partial charge in [0.15, 0.2) is 0 Å². The number of H-pyrrole nitrogens is 1. The van der Waals surface area contributed by atoms with Gasteiger partial charge in [0.05, 0.1) is 7.11 Å². The number of nitrogens with one attached hydrogen (secondary N) is 2. The highest BCUT2D eigenvalue weighted by Crippen LogP contribution is 2.17. The standard InChI is InChI=1S/C18H18N2O2/c1-12-3-8-17-13(9-12)10-14(18(21)20-17)11-19-15-4-6-16(22-2)7-5-15/h3-10,19H,11H2,1-2H3,(H,20,21). The molecular formula is C18H18N2O2. The van der Waals surface area contributed by atoms with Crippen molar-refractivity contribution < 1.29 is 4.74 Å². The molecule has 0 unspecified atom stereocenters. The smallest absolute Gasteiger partial charge is 0.253 e. The Labute approximate surface area is 128 Å². The number of hydrogen-bond donors (Lipinski definition) is 2. The second-order valence-electron chi connectivity index (χ2n) is 5.30. The zero-order chi connectivity index (χ0) is 15.5. The first-order valence-corrected chi connectivity index (χ1v) is 7.16. The van der Waals surface area contributed by atoms with Crippen LogP contribution in [0.25, 0.3) is 10.9 Å². The van der Waals surface area contributed by atoms with Crippen molar-refractivity contribution in [3.63, 3.8) is 0 Å². The molecule has 0 aliphatic rings. The summed E-state index contributed by atoms with van der Waals surface area (Å²) >= 11 is 0. The lowest BCUT2D eigenvalue weighted by Gasteiger charge is -2.08. The Bertz CT molecular complexity index is 851. The summed E-state index contributed by atoms with van der Waals surface area (Å²) in [6.07, 6.45) is 0. The van der Waals surface area contributed by atoms with Gasteiger partial charge in [-0.1, -0.05) is 11.6 Å². The van der Waals surface area contributed by atoms with Crippen LogP contribution in [0.3, 0.4) is 0 Å². The Morgan fingerprint density at radius 1 is 1.09 bits per heavy atom. The monoisotopic (exact) mass is 294 g/mol. The fraction of sp³-hybridized carbons (Fsp3) is 0.167. The topological polar surface area (TPSA) is 54.1 Å². The zero-order valence-corrected chi connectivity index (χ0v) is 12.6. The van der Waals surface area contributed by atoms with E-state index in [1.165, 1.54) is 5.56 Å². The summed E-state index contributed by atoms with van der Waals surface area (Å²) in [4.78, 5) is 15.0. The van der Waals surface area contributed by atoms with Crippen LogP contribution in [0.15, 0.2) is 53.3 Å². The van der Waals surface area contributed by atoms with E-state index in [-0.39, 0.29) is 5.56 Å². The van der Waals surface area contributed by atoms with Gasteiger partial charge < -0.3 is 15.0 Å². The summed E-state index contributed by atoms with van der Waals surface area (Å²) in [5, 5.41) is 4.30. The highest BCUT2D eigenvalue weighted by atomic mass is 16.5. The molecule has 3 aromatic rings. The number of rotatable bonds is 4. The summed E-state index contributed by atoms with van der Waals surface area (Å²) in [5.41, 5.74) is 3.65. The molecule has 0 spiro atoms. The molecule has 22 heavy (non-hydrogen) atoms. The number of fused-ring (bicyclic) bond motifs is 1. The number of aromatic nitrogens is 1. The van der Waals surface area contributed by atoms with E-state index in [9.17, 15) is 4.79 Å². The molecule has 0 saturated heterocycles. The lowest BCUT2D eigenvalue weighted by molar-refractivity contribution is 0.415. The normalized spacial score (nSPS) is 10.6. The molecule has 1 aromatic heterocycles. The average molecular weight is 294 g/mol. The Morgan fingerprint density at radius 2 is 1.86 bits per heavy atom. The molecule has 0 saturated carbocycles. The van der Waals surface area contributed by atoms with E-state index in [1.54, 1.807) is 7.11 Å². The molecule has 0 radical (unpaired) electrons. The predicted octanol–water partition coefficient (Wildman–Crippen LogP) is 3.46. The summed E-state index contributed by atoms with van der Waals surface area (Å²) < 4.78 is 5.13. The van der Waals surface area contributed by atoms with Crippen molar-refractivity contribution in [2.75, 3.05) is 12.4 Å². The first-order chi connectivity index (χ1) is 10.7. The number of methoxy groups -OCH3 is 1. The minimum Gasteiger partial charge on any atom is -0.497 e. The highest BCUT2D eigenvalue weighted by molar-refractivity contribution is 5.79. The average Bonchev–Trinajstić information content (AvgIpc) is 2.54. The maximum Gasteiger partial charge on any atom is 0.253 e. The van der Waals surface area contributed by atoms with Crippen LogP contribution in [0.5, 0.6) is 5.75 Å². The zero-order valence-electron chi connectivity index (χ0n) is 12.6. The molecule has 2 aromatic carbocycles. The predicted molar refractivity (Wildman–Crippen MR) is 89.6 cm³/mol. The maximum atomic E-state index is 12.1. The van der Waals surface area contributed by atoms with Crippen molar-refractivity contribution in [3.8, 4) is 5.75 Å². The molecule has 4 nitrogen and oxygen atoms in total. The number of pyridine rings is 1. The molecular weight excluding hydrogens is 276 g/mol. The second kappa shape index (κ2) is 5.93. The first kappa shape index (κ1) is 14.2. The van der Waals surface area contributed by atoms with Gasteiger partial charge in [-0.15, -0.1) is 0 Å². The van der Waals surface area contributed by atoms with Crippen molar-refractivity contribution in [1.82, 2.24) is 4.98 Å². The summed E-state index contributed by atoms with van der Waals surface area (Å²) in [7, 11) is 1.64. The number of hydrogen-bond acceptors (Lipinski definition) is 3. The van der Waals surface area contributed by atoms with Gasteiger partial charge in [-0.3, -0.25) is 4.79 Å². The number of aromatic amines is 1. The van der Waals surface area contributed by atoms with E-state index in [2.05, 4.69) is 16.4 Å². The van der Waals surface area contributed by atoms with Crippen molar-refractivity contribution in [3.05, 3.63) is 70.0 Å². The minimum atomic E-state index is -0.0580. The first-order valence-electron chi connectivity index (χ1n) is 7.16. The van der Waals surface area contributed by atoms with Gasteiger partial charge in [0.25, 0.3) is 5.56 Å². The Balaban J connectivity index is 1.83. The molecule has 112 valence electrons. The molecule has 0 atom stereocenters. The SMILES string of the molecule is COc1ccc(NCc2cc3cc(C)ccc3[nH]c2=O)cc1. The van der Waals surface area contributed by atoms with Crippen LogP contribution in [0.1, 0.15) is 11.1 Å². The number of anilines is 1. The van der Waals surface area contributed by atoms with E-state index < -0.39 is 0 Å². The van der Waals surface area contributed by atoms with Gasteiger partial charge >= 0.3 is 0 Å². The van der Waals surface area contributed by atoms with Crippen molar-refractivity contribution >= 4 is 16.6 Å². The van der Waals surface area contributed by atoms with E-state index in [1.807, 2.05) is 49.4 Å². The van der Waals surface area contributed by atoms with Crippen LogP contribution >= 0.6 is 0 Å². The van der Waals surface area contributed by atoms with Crippen molar-refractivity contribution in [1.29, 1.82) is 0 Å². The third kappa shape index (κ3) is 2.96. The van der Waals surface area contributed by atoms with Crippen LogP contribution in [-0.2, 0) is 6.54 Å².